The van der Waals surface area contributed by atoms with Crippen LogP contribution in [0.25, 0.3) is 21.3 Å². The van der Waals surface area contributed by atoms with Crippen molar-refractivity contribution < 1.29 is 0 Å². The molecule has 0 unspecified atom stereocenters. The number of unbranched alkanes of at least 4 members (excludes halogenated alkanes) is 1. The highest BCUT2D eigenvalue weighted by Gasteiger charge is 2.13. The zero-order chi connectivity index (χ0) is 16.2. The molecule has 0 spiro atoms. The van der Waals surface area contributed by atoms with Gasteiger partial charge in [-0.1, -0.05) is 41.6 Å². The molecule has 0 fully saturated rings. The number of thiophene rings is 1. The van der Waals surface area contributed by atoms with E-state index in [1.165, 1.54) is 28.7 Å². The molecule has 6 heteroatoms. The summed E-state index contributed by atoms with van der Waals surface area (Å²) >= 11 is 2.97. The van der Waals surface area contributed by atoms with Gasteiger partial charge in [-0.15, -0.1) is 11.3 Å². The maximum absolute atomic E-state index is 12.5. The summed E-state index contributed by atoms with van der Waals surface area (Å²) in [4.78, 5) is 20.6. The van der Waals surface area contributed by atoms with E-state index in [2.05, 4.69) is 16.0 Å². The van der Waals surface area contributed by atoms with Crippen molar-refractivity contribution in [3.63, 3.8) is 0 Å². The van der Waals surface area contributed by atoms with Gasteiger partial charge in [-0.05, 0) is 18.9 Å². The van der Waals surface area contributed by atoms with Gasteiger partial charge in [-0.25, -0.2) is 4.98 Å². The van der Waals surface area contributed by atoms with Crippen LogP contribution in [0.3, 0.4) is 0 Å². The third-order valence-electron chi connectivity index (χ3n) is 3.46. The van der Waals surface area contributed by atoms with Crippen molar-refractivity contribution in [3.05, 3.63) is 45.6 Å². The Bertz CT molecular complexity index is 920. The lowest BCUT2D eigenvalue weighted by Crippen LogP contribution is -2.08. The van der Waals surface area contributed by atoms with Crippen LogP contribution in [-0.2, 0) is 0 Å². The predicted octanol–water partition coefficient (Wildman–Crippen LogP) is 4.36. The Morgan fingerprint density at radius 2 is 2.13 bits per heavy atom. The first-order valence-corrected chi connectivity index (χ1v) is 9.14. The van der Waals surface area contributed by atoms with Gasteiger partial charge in [0.1, 0.15) is 4.83 Å². The Balaban J connectivity index is 1.93. The molecule has 0 aliphatic rings. The fourth-order valence-corrected chi connectivity index (χ4v) is 4.07. The van der Waals surface area contributed by atoms with Gasteiger partial charge in [-0.3, -0.25) is 4.79 Å². The van der Waals surface area contributed by atoms with Gasteiger partial charge in [0.2, 0.25) is 0 Å². The highest BCUT2D eigenvalue weighted by atomic mass is 32.2. The van der Waals surface area contributed by atoms with Crippen molar-refractivity contribution >= 4 is 33.3 Å². The van der Waals surface area contributed by atoms with Crippen LogP contribution in [0.4, 0.5) is 0 Å². The number of hydrogen-bond donors (Lipinski definition) is 1. The lowest BCUT2D eigenvalue weighted by molar-refractivity contribution is 0.951. The number of aryl methyl sites for hydroxylation is 1. The van der Waals surface area contributed by atoms with Crippen LogP contribution in [0.5, 0.6) is 0 Å². The molecule has 0 amide bonds. The molecule has 0 atom stereocenters. The average molecular weight is 341 g/mol. The van der Waals surface area contributed by atoms with Crippen LogP contribution < -0.4 is 5.56 Å². The van der Waals surface area contributed by atoms with Crippen molar-refractivity contribution in [3.8, 4) is 17.2 Å². The second-order valence-electron chi connectivity index (χ2n) is 5.18. The second-order valence-corrected chi connectivity index (χ2v) is 7.12. The minimum atomic E-state index is -0.102. The lowest BCUT2D eigenvalue weighted by atomic mass is 10.1. The number of aromatic nitrogens is 2. The summed E-state index contributed by atoms with van der Waals surface area (Å²) < 4.78 is 0. The lowest BCUT2D eigenvalue weighted by Gasteiger charge is -2.02. The van der Waals surface area contributed by atoms with Crippen LogP contribution in [0, 0.1) is 18.3 Å². The molecule has 1 N–H and O–H groups in total. The largest absolute Gasteiger partial charge is 0.301 e. The quantitative estimate of drug-likeness (QED) is 0.425. The van der Waals surface area contributed by atoms with E-state index in [0.717, 1.165) is 28.1 Å². The third kappa shape index (κ3) is 3.46. The van der Waals surface area contributed by atoms with E-state index < -0.39 is 0 Å². The Labute approximate surface area is 142 Å². The summed E-state index contributed by atoms with van der Waals surface area (Å²) in [5, 5.41) is 11.8. The monoisotopic (exact) mass is 341 g/mol. The first-order valence-electron chi connectivity index (χ1n) is 7.27. The fourth-order valence-electron chi connectivity index (χ4n) is 2.26. The number of H-pyrrole nitrogens is 1. The van der Waals surface area contributed by atoms with Gasteiger partial charge in [-0.2, -0.15) is 5.26 Å². The Morgan fingerprint density at radius 1 is 1.35 bits per heavy atom. The van der Waals surface area contributed by atoms with Crippen LogP contribution in [0.2, 0.25) is 0 Å². The number of benzene rings is 1. The molecular weight excluding hydrogens is 326 g/mol. The SMILES string of the molecule is Cc1ccc(-c2csc3nc(SCCCC#N)[nH]c(=O)c23)cc1. The normalized spacial score (nSPS) is 10.8. The topological polar surface area (TPSA) is 69.5 Å². The molecule has 2 aromatic heterocycles. The molecular formula is C17H15N3OS2. The minimum Gasteiger partial charge on any atom is -0.301 e. The van der Waals surface area contributed by atoms with Crippen molar-refractivity contribution in [1.29, 1.82) is 5.26 Å². The summed E-state index contributed by atoms with van der Waals surface area (Å²) in [6.07, 6.45) is 1.32. The van der Waals surface area contributed by atoms with E-state index in [1.54, 1.807) is 0 Å². The van der Waals surface area contributed by atoms with Crippen molar-refractivity contribution in [2.75, 3.05) is 5.75 Å². The van der Waals surface area contributed by atoms with E-state index in [4.69, 9.17) is 5.26 Å². The van der Waals surface area contributed by atoms with E-state index in [1.807, 2.05) is 36.6 Å². The molecule has 0 radical (unpaired) electrons. The molecule has 0 aliphatic heterocycles. The molecule has 116 valence electrons. The molecule has 1 aromatic carbocycles. The maximum atomic E-state index is 12.5. The Kier molecular flexibility index (Phi) is 4.79. The van der Waals surface area contributed by atoms with Crippen LogP contribution >= 0.6 is 23.1 Å². The van der Waals surface area contributed by atoms with E-state index in [9.17, 15) is 4.79 Å². The number of rotatable bonds is 5. The van der Waals surface area contributed by atoms with Crippen molar-refractivity contribution in [2.45, 2.75) is 24.9 Å². The van der Waals surface area contributed by atoms with Gasteiger partial charge in [0, 0.05) is 23.1 Å². The number of hydrogen-bond acceptors (Lipinski definition) is 5. The number of nitrogens with one attached hydrogen (secondary N) is 1. The van der Waals surface area contributed by atoms with Crippen molar-refractivity contribution in [2.24, 2.45) is 0 Å². The number of nitrogens with zero attached hydrogens (tertiary/aromatic N) is 2. The average Bonchev–Trinajstić information content (AvgIpc) is 2.97. The number of thioether (sulfide) groups is 1. The Morgan fingerprint density at radius 3 is 2.87 bits per heavy atom. The molecule has 0 bridgehead atoms. The van der Waals surface area contributed by atoms with E-state index >= 15 is 0 Å². The summed E-state index contributed by atoms with van der Waals surface area (Å²) in [6.45, 7) is 2.04. The molecule has 0 saturated heterocycles. The van der Waals surface area contributed by atoms with Crippen molar-refractivity contribution in [1.82, 2.24) is 9.97 Å². The van der Waals surface area contributed by atoms with Crippen LogP contribution in [0.1, 0.15) is 18.4 Å². The molecule has 23 heavy (non-hydrogen) atoms. The molecule has 0 saturated carbocycles. The molecule has 3 aromatic rings. The highest BCUT2D eigenvalue weighted by Crippen LogP contribution is 2.31. The summed E-state index contributed by atoms with van der Waals surface area (Å²) in [5.41, 5.74) is 3.05. The summed E-state index contributed by atoms with van der Waals surface area (Å²) in [7, 11) is 0. The van der Waals surface area contributed by atoms with Gasteiger partial charge in [0.15, 0.2) is 5.16 Å². The zero-order valence-electron chi connectivity index (χ0n) is 12.6. The van der Waals surface area contributed by atoms with E-state index in [0.29, 0.717) is 17.0 Å². The summed E-state index contributed by atoms with van der Waals surface area (Å²) in [5.74, 6) is 0.776. The number of nitriles is 1. The van der Waals surface area contributed by atoms with Gasteiger partial charge < -0.3 is 4.98 Å². The number of fused-ring (bicyclic) bond motifs is 1. The van der Waals surface area contributed by atoms with Gasteiger partial charge in [0.25, 0.3) is 5.56 Å². The third-order valence-corrected chi connectivity index (χ3v) is 5.29. The summed E-state index contributed by atoms with van der Waals surface area (Å²) in [6, 6.07) is 10.3. The second kappa shape index (κ2) is 6.99. The number of aromatic amines is 1. The molecule has 4 nitrogen and oxygen atoms in total. The zero-order valence-corrected chi connectivity index (χ0v) is 14.3. The van der Waals surface area contributed by atoms with Gasteiger partial charge >= 0.3 is 0 Å². The Hall–Kier alpha value is -2.10. The standard InChI is InChI=1S/C17H15N3OS2/c1-11-4-6-12(7-5-11)13-10-23-16-14(13)15(21)19-17(20-16)22-9-3-2-8-18/h4-7,10H,2-3,9H2,1H3,(H,19,20,21). The smallest absolute Gasteiger partial charge is 0.260 e. The van der Waals surface area contributed by atoms with E-state index in [-0.39, 0.29) is 5.56 Å². The maximum Gasteiger partial charge on any atom is 0.260 e. The van der Waals surface area contributed by atoms with Crippen LogP contribution in [-0.4, -0.2) is 15.7 Å². The van der Waals surface area contributed by atoms with Crippen LogP contribution in [0.15, 0.2) is 39.6 Å². The predicted molar refractivity (Wildman–Crippen MR) is 96.0 cm³/mol. The van der Waals surface area contributed by atoms with Gasteiger partial charge in [0.05, 0.1) is 11.5 Å². The molecule has 0 aliphatic carbocycles. The first kappa shape index (κ1) is 15.8. The fraction of sp³-hybridized carbons (Fsp3) is 0.235. The molecule has 3 rings (SSSR count). The highest BCUT2D eigenvalue weighted by molar-refractivity contribution is 7.99. The minimum absolute atomic E-state index is 0.102. The first-order chi connectivity index (χ1) is 11.2. The molecule has 2 heterocycles.